The van der Waals surface area contributed by atoms with Gasteiger partial charge >= 0.3 is 0 Å². The van der Waals surface area contributed by atoms with Gasteiger partial charge in [-0.15, -0.1) is 0 Å². The zero-order chi connectivity index (χ0) is 16.2. The zero-order valence-corrected chi connectivity index (χ0v) is 14.5. The van der Waals surface area contributed by atoms with Gasteiger partial charge in [-0.3, -0.25) is 9.80 Å². The van der Waals surface area contributed by atoms with E-state index in [0.717, 1.165) is 30.6 Å². The van der Waals surface area contributed by atoms with Gasteiger partial charge in [-0.2, -0.15) is 0 Å². The minimum atomic E-state index is 0.269. The highest BCUT2D eigenvalue weighted by Crippen LogP contribution is 2.30. The summed E-state index contributed by atoms with van der Waals surface area (Å²) in [5, 5.41) is 0. The summed E-state index contributed by atoms with van der Waals surface area (Å²) in [6.07, 6.45) is 2.67. The Morgan fingerprint density at radius 1 is 1.22 bits per heavy atom. The van der Waals surface area contributed by atoms with Gasteiger partial charge in [-0.1, -0.05) is 0 Å². The van der Waals surface area contributed by atoms with Gasteiger partial charge in [0.05, 0.1) is 7.11 Å². The molecule has 128 valence electrons. The molecule has 3 rings (SSSR count). The monoisotopic (exact) mass is 320 g/mol. The second kappa shape index (κ2) is 7.51. The Kier molecular flexibility index (Phi) is 5.41. The van der Waals surface area contributed by atoms with Crippen LogP contribution in [-0.2, 0) is 11.3 Å². The van der Waals surface area contributed by atoms with Crippen LogP contribution in [0.4, 0.5) is 0 Å². The van der Waals surface area contributed by atoms with Crippen LogP contribution in [0.15, 0.2) is 18.2 Å². The van der Waals surface area contributed by atoms with E-state index < -0.39 is 0 Å². The van der Waals surface area contributed by atoms with Crippen LogP contribution in [0.2, 0.25) is 0 Å². The van der Waals surface area contributed by atoms with Crippen molar-refractivity contribution < 1.29 is 14.2 Å². The number of hydrogen-bond donors (Lipinski definition) is 0. The van der Waals surface area contributed by atoms with Crippen molar-refractivity contribution >= 4 is 0 Å². The lowest BCUT2D eigenvalue weighted by molar-refractivity contribution is 0.0426. The normalized spacial score (nSPS) is 25.3. The van der Waals surface area contributed by atoms with Gasteiger partial charge in [-0.05, 0) is 44.5 Å². The molecule has 5 heteroatoms. The molecule has 0 saturated carbocycles. The topological polar surface area (TPSA) is 34.2 Å². The second-order valence-corrected chi connectivity index (χ2v) is 6.59. The van der Waals surface area contributed by atoms with Crippen molar-refractivity contribution in [2.75, 3.05) is 40.6 Å². The number of methoxy groups -OCH3 is 2. The lowest BCUT2D eigenvalue weighted by atomic mass is 10.1. The summed E-state index contributed by atoms with van der Waals surface area (Å²) in [7, 11) is 3.35. The SMILES string of the molecule is COCOc1ccc(OC)cc1CN1C[C@@H]2CCCN2C[C@H]1C. The van der Waals surface area contributed by atoms with Crippen molar-refractivity contribution in [2.45, 2.75) is 38.4 Å². The van der Waals surface area contributed by atoms with E-state index in [9.17, 15) is 0 Å². The molecule has 2 saturated heterocycles. The molecule has 5 nitrogen and oxygen atoms in total. The number of nitrogens with zero attached hydrogens (tertiary/aromatic N) is 2. The van der Waals surface area contributed by atoms with Crippen LogP contribution < -0.4 is 9.47 Å². The van der Waals surface area contributed by atoms with Crippen LogP contribution in [0.3, 0.4) is 0 Å². The molecule has 1 aromatic rings. The summed E-state index contributed by atoms with van der Waals surface area (Å²) < 4.78 is 16.2. The summed E-state index contributed by atoms with van der Waals surface area (Å²) in [5.41, 5.74) is 1.17. The summed E-state index contributed by atoms with van der Waals surface area (Å²) in [4.78, 5) is 5.22. The van der Waals surface area contributed by atoms with Crippen molar-refractivity contribution in [1.29, 1.82) is 0 Å². The van der Waals surface area contributed by atoms with Crippen molar-refractivity contribution in [3.63, 3.8) is 0 Å². The molecule has 23 heavy (non-hydrogen) atoms. The smallest absolute Gasteiger partial charge is 0.188 e. The molecule has 0 unspecified atom stereocenters. The molecule has 2 atom stereocenters. The Labute approximate surface area is 139 Å². The van der Waals surface area contributed by atoms with Gasteiger partial charge in [0, 0.05) is 44.4 Å². The molecule has 2 heterocycles. The maximum Gasteiger partial charge on any atom is 0.188 e. The summed E-state index contributed by atoms with van der Waals surface area (Å²) >= 11 is 0. The minimum absolute atomic E-state index is 0.269. The molecule has 0 amide bonds. The first kappa shape index (κ1) is 16.6. The highest BCUT2D eigenvalue weighted by Gasteiger charge is 2.34. The van der Waals surface area contributed by atoms with Crippen LogP contribution in [-0.4, -0.2) is 62.5 Å². The number of ether oxygens (including phenoxy) is 3. The molecule has 2 fully saturated rings. The van der Waals surface area contributed by atoms with E-state index in [2.05, 4.69) is 22.8 Å². The van der Waals surface area contributed by atoms with Gasteiger partial charge in [0.25, 0.3) is 0 Å². The van der Waals surface area contributed by atoms with Gasteiger partial charge in [0.15, 0.2) is 6.79 Å². The first-order valence-corrected chi connectivity index (χ1v) is 8.48. The Morgan fingerprint density at radius 3 is 2.87 bits per heavy atom. The average molecular weight is 320 g/mol. The third kappa shape index (κ3) is 3.79. The fourth-order valence-corrected chi connectivity index (χ4v) is 3.76. The Morgan fingerprint density at radius 2 is 2.09 bits per heavy atom. The van der Waals surface area contributed by atoms with Crippen molar-refractivity contribution in [1.82, 2.24) is 9.80 Å². The Bertz CT molecular complexity index is 523. The van der Waals surface area contributed by atoms with E-state index in [1.807, 2.05) is 12.1 Å². The van der Waals surface area contributed by atoms with Gasteiger partial charge < -0.3 is 14.2 Å². The number of benzene rings is 1. The van der Waals surface area contributed by atoms with E-state index in [0.29, 0.717) is 6.04 Å². The minimum Gasteiger partial charge on any atom is -0.497 e. The quantitative estimate of drug-likeness (QED) is 0.752. The fourth-order valence-electron chi connectivity index (χ4n) is 3.76. The molecule has 0 spiro atoms. The van der Waals surface area contributed by atoms with E-state index >= 15 is 0 Å². The highest BCUT2D eigenvalue weighted by molar-refractivity contribution is 5.40. The molecular formula is C18H28N2O3. The third-order valence-electron chi connectivity index (χ3n) is 5.04. The molecule has 0 radical (unpaired) electrons. The predicted octanol–water partition coefficient (Wildman–Crippen LogP) is 2.35. The lowest BCUT2D eigenvalue weighted by Gasteiger charge is -2.42. The van der Waals surface area contributed by atoms with Crippen LogP contribution in [0.5, 0.6) is 11.5 Å². The molecule has 2 aliphatic rings. The van der Waals surface area contributed by atoms with Crippen molar-refractivity contribution in [3.8, 4) is 11.5 Å². The van der Waals surface area contributed by atoms with Gasteiger partial charge in [-0.25, -0.2) is 0 Å². The van der Waals surface area contributed by atoms with Crippen LogP contribution >= 0.6 is 0 Å². The number of piperazine rings is 1. The maximum absolute atomic E-state index is 5.73. The molecule has 2 aliphatic heterocycles. The Balaban J connectivity index is 1.74. The van der Waals surface area contributed by atoms with Crippen LogP contribution in [0.25, 0.3) is 0 Å². The third-order valence-corrected chi connectivity index (χ3v) is 5.04. The van der Waals surface area contributed by atoms with E-state index in [-0.39, 0.29) is 6.79 Å². The number of fused-ring (bicyclic) bond motifs is 1. The Hall–Kier alpha value is -1.30. The first-order chi connectivity index (χ1) is 11.2. The van der Waals surface area contributed by atoms with Gasteiger partial charge in [0.2, 0.25) is 0 Å². The summed E-state index contributed by atoms with van der Waals surface area (Å²) in [6, 6.07) is 7.28. The largest absolute Gasteiger partial charge is 0.497 e. The predicted molar refractivity (Wildman–Crippen MR) is 90.0 cm³/mol. The molecule has 0 aliphatic carbocycles. The first-order valence-electron chi connectivity index (χ1n) is 8.48. The van der Waals surface area contributed by atoms with Crippen LogP contribution in [0.1, 0.15) is 25.3 Å². The van der Waals surface area contributed by atoms with Crippen molar-refractivity contribution in [3.05, 3.63) is 23.8 Å². The summed E-state index contributed by atoms with van der Waals surface area (Å²) in [5.74, 6) is 1.76. The molecular weight excluding hydrogens is 292 g/mol. The lowest BCUT2D eigenvalue weighted by Crippen LogP contribution is -2.54. The maximum atomic E-state index is 5.73. The van der Waals surface area contributed by atoms with Crippen molar-refractivity contribution in [2.24, 2.45) is 0 Å². The zero-order valence-electron chi connectivity index (χ0n) is 14.5. The van der Waals surface area contributed by atoms with E-state index in [4.69, 9.17) is 14.2 Å². The molecule has 0 aromatic heterocycles. The number of hydrogen-bond acceptors (Lipinski definition) is 5. The average Bonchev–Trinajstić information content (AvgIpc) is 3.01. The molecule has 0 N–H and O–H groups in total. The standard InChI is InChI=1S/C18H28N2O3/c1-14-10-19-8-4-5-16(19)12-20(14)11-15-9-17(22-3)6-7-18(15)23-13-21-2/h6-7,9,14,16H,4-5,8,10-13H2,1-3H3/t14-,16+/m1/s1. The van der Waals surface area contributed by atoms with Crippen LogP contribution in [0, 0.1) is 0 Å². The number of rotatable bonds is 6. The molecule has 1 aromatic carbocycles. The molecule has 0 bridgehead atoms. The van der Waals surface area contributed by atoms with E-state index in [1.54, 1.807) is 14.2 Å². The van der Waals surface area contributed by atoms with Gasteiger partial charge in [0.1, 0.15) is 11.5 Å². The highest BCUT2D eigenvalue weighted by atomic mass is 16.7. The summed E-state index contributed by atoms with van der Waals surface area (Å²) in [6.45, 7) is 7.06. The fraction of sp³-hybridized carbons (Fsp3) is 0.667. The second-order valence-electron chi connectivity index (χ2n) is 6.59. The van der Waals surface area contributed by atoms with E-state index in [1.165, 1.54) is 31.5 Å².